The molecular weight excluding hydrogens is 260 g/mol. The lowest BCUT2D eigenvalue weighted by Gasteiger charge is -2.47. The summed E-state index contributed by atoms with van der Waals surface area (Å²) < 4.78 is 5.51. The summed E-state index contributed by atoms with van der Waals surface area (Å²) in [5, 5.41) is 3.15. The second kappa shape index (κ2) is 6.17. The quantitative estimate of drug-likeness (QED) is 0.875. The van der Waals surface area contributed by atoms with Crippen LogP contribution >= 0.6 is 11.3 Å². The predicted octanol–water partition coefficient (Wildman–Crippen LogP) is 1.02. The van der Waals surface area contributed by atoms with Crippen LogP contribution in [0.3, 0.4) is 0 Å². The highest BCUT2D eigenvalue weighted by Gasteiger charge is 2.38. The molecule has 0 radical (unpaired) electrons. The molecule has 1 aliphatic rings. The zero-order chi connectivity index (χ0) is 13.9. The van der Waals surface area contributed by atoms with Gasteiger partial charge in [0.25, 0.3) is 0 Å². The van der Waals surface area contributed by atoms with Crippen molar-refractivity contribution in [3.05, 3.63) is 11.6 Å². The van der Waals surface area contributed by atoms with E-state index in [-0.39, 0.29) is 11.6 Å². The van der Waals surface area contributed by atoms with E-state index in [2.05, 4.69) is 28.6 Å². The van der Waals surface area contributed by atoms with Crippen molar-refractivity contribution in [3.8, 4) is 0 Å². The molecule has 2 heterocycles. The van der Waals surface area contributed by atoms with Gasteiger partial charge >= 0.3 is 0 Å². The molecule has 2 atom stereocenters. The zero-order valence-electron chi connectivity index (χ0n) is 12.0. The Morgan fingerprint density at radius 3 is 2.63 bits per heavy atom. The normalized spacial score (nSPS) is 22.2. The van der Waals surface area contributed by atoms with Crippen LogP contribution in [-0.2, 0) is 4.74 Å². The van der Waals surface area contributed by atoms with Gasteiger partial charge in [-0.3, -0.25) is 4.90 Å². The van der Waals surface area contributed by atoms with Crippen molar-refractivity contribution in [3.63, 3.8) is 0 Å². The molecular formula is C13H24N4OS. The number of hydrogen-bond donors (Lipinski definition) is 1. The number of methoxy groups -OCH3 is 1. The first-order valence-electron chi connectivity index (χ1n) is 6.74. The van der Waals surface area contributed by atoms with Crippen LogP contribution in [0.1, 0.15) is 13.8 Å². The molecule has 1 aromatic heterocycles. The van der Waals surface area contributed by atoms with Crippen LogP contribution in [0.2, 0.25) is 0 Å². The van der Waals surface area contributed by atoms with Gasteiger partial charge in [0, 0.05) is 51.4 Å². The molecule has 0 spiro atoms. The Kier molecular flexibility index (Phi) is 4.78. The Hall–Kier alpha value is -0.690. The first-order chi connectivity index (χ1) is 9.11. The Balaban J connectivity index is 1.98. The molecule has 1 aromatic rings. The molecule has 19 heavy (non-hydrogen) atoms. The molecule has 0 aromatic carbocycles. The summed E-state index contributed by atoms with van der Waals surface area (Å²) in [6.45, 7) is 8.90. The molecule has 2 rings (SSSR count). The molecule has 0 saturated carbocycles. The monoisotopic (exact) mass is 284 g/mol. The van der Waals surface area contributed by atoms with E-state index in [4.69, 9.17) is 10.5 Å². The summed E-state index contributed by atoms with van der Waals surface area (Å²) in [4.78, 5) is 9.17. The number of piperazine rings is 1. The van der Waals surface area contributed by atoms with Crippen molar-refractivity contribution >= 4 is 16.5 Å². The van der Waals surface area contributed by atoms with Gasteiger partial charge in [-0.15, -0.1) is 11.3 Å². The molecule has 2 unspecified atom stereocenters. The smallest absolute Gasteiger partial charge is 0.185 e. The van der Waals surface area contributed by atoms with Gasteiger partial charge in [-0.25, -0.2) is 4.98 Å². The molecule has 5 nitrogen and oxygen atoms in total. The highest BCUT2D eigenvalue weighted by molar-refractivity contribution is 7.13. The number of nitrogens with two attached hydrogens (primary N) is 1. The highest BCUT2D eigenvalue weighted by atomic mass is 32.1. The van der Waals surface area contributed by atoms with E-state index in [0.717, 1.165) is 31.3 Å². The average Bonchev–Trinajstić information content (AvgIpc) is 3.00. The van der Waals surface area contributed by atoms with Gasteiger partial charge in [0.15, 0.2) is 5.13 Å². The lowest BCUT2D eigenvalue weighted by Crippen LogP contribution is -2.63. The van der Waals surface area contributed by atoms with E-state index in [1.807, 2.05) is 11.6 Å². The molecule has 2 N–H and O–H groups in total. The number of thiazole rings is 1. The number of rotatable bonds is 5. The van der Waals surface area contributed by atoms with Crippen molar-refractivity contribution in [2.45, 2.75) is 25.5 Å². The zero-order valence-corrected chi connectivity index (χ0v) is 12.8. The van der Waals surface area contributed by atoms with Gasteiger partial charge in [-0.05, 0) is 13.8 Å². The number of aromatic nitrogens is 1. The van der Waals surface area contributed by atoms with E-state index in [1.165, 1.54) is 0 Å². The summed E-state index contributed by atoms with van der Waals surface area (Å²) in [5.74, 6) is 0. The van der Waals surface area contributed by atoms with E-state index < -0.39 is 0 Å². The molecule has 108 valence electrons. The Labute approximate surface area is 119 Å². The second-order valence-electron chi connectivity index (χ2n) is 5.23. The maximum atomic E-state index is 6.00. The first-order valence-corrected chi connectivity index (χ1v) is 7.62. The molecule has 1 aliphatic heterocycles. The van der Waals surface area contributed by atoms with E-state index >= 15 is 0 Å². The maximum absolute atomic E-state index is 6.00. The predicted molar refractivity (Wildman–Crippen MR) is 79.8 cm³/mol. The van der Waals surface area contributed by atoms with Gasteiger partial charge in [-0.2, -0.15) is 0 Å². The maximum Gasteiger partial charge on any atom is 0.185 e. The number of ether oxygens (including phenoxy) is 1. The summed E-state index contributed by atoms with van der Waals surface area (Å²) in [6.07, 6.45) is 1.99. The largest absolute Gasteiger partial charge is 0.380 e. The standard InChI is InChI=1S/C13H24N4OS/c1-11(18-3)13(2,10-14)17-7-5-16(6-8-17)12-15-4-9-19-12/h4,9,11H,5-8,10,14H2,1-3H3. The van der Waals surface area contributed by atoms with Crippen LogP contribution in [-0.4, -0.2) is 61.4 Å². The van der Waals surface area contributed by atoms with Crippen LogP contribution < -0.4 is 10.6 Å². The highest BCUT2D eigenvalue weighted by Crippen LogP contribution is 2.25. The fourth-order valence-corrected chi connectivity index (χ4v) is 3.28. The van der Waals surface area contributed by atoms with E-state index in [9.17, 15) is 0 Å². The topological polar surface area (TPSA) is 54.6 Å². The van der Waals surface area contributed by atoms with Crippen LogP contribution in [0.4, 0.5) is 5.13 Å². The third-order valence-electron chi connectivity index (χ3n) is 4.33. The lowest BCUT2D eigenvalue weighted by molar-refractivity contribution is -0.0333. The van der Waals surface area contributed by atoms with Crippen molar-refractivity contribution in [2.24, 2.45) is 5.73 Å². The number of nitrogens with zero attached hydrogens (tertiary/aromatic N) is 3. The van der Waals surface area contributed by atoms with Crippen LogP contribution in [0, 0.1) is 0 Å². The van der Waals surface area contributed by atoms with Crippen LogP contribution in [0.25, 0.3) is 0 Å². The molecule has 0 amide bonds. The average molecular weight is 284 g/mol. The Morgan fingerprint density at radius 1 is 1.47 bits per heavy atom. The summed E-state index contributed by atoms with van der Waals surface area (Å²) in [6, 6.07) is 0. The number of hydrogen-bond acceptors (Lipinski definition) is 6. The molecule has 0 bridgehead atoms. The minimum absolute atomic E-state index is 0.0935. The Morgan fingerprint density at radius 2 is 2.16 bits per heavy atom. The summed E-state index contributed by atoms with van der Waals surface area (Å²) in [5.41, 5.74) is 5.90. The minimum atomic E-state index is -0.0935. The van der Waals surface area contributed by atoms with Gasteiger partial charge in [0.1, 0.15) is 0 Å². The molecule has 1 fully saturated rings. The lowest BCUT2D eigenvalue weighted by atomic mass is 9.92. The SMILES string of the molecule is COC(C)C(C)(CN)N1CCN(c2nccs2)CC1. The second-order valence-corrected chi connectivity index (χ2v) is 6.10. The summed E-state index contributed by atoms with van der Waals surface area (Å²) in [7, 11) is 1.75. The van der Waals surface area contributed by atoms with E-state index in [1.54, 1.807) is 18.4 Å². The third kappa shape index (κ3) is 2.91. The number of anilines is 1. The van der Waals surface area contributed by atoms with Crippen molar-refractivity contribution < 1.29 is 4.74 Å². The third-order valence-corrected chi connectivity index (χ3v) is 5.17. The molecule has 6 heteroatoms. The Bertz CT molecular complexity index is 378. The fraction of sp³-hybridized carbons (Fsp3) is 0.769. The molecule has 0 aliphatic carbocycles. The van der Waals surface area contributed by atoms with Gasteiger partial charge in [0.05, 0.1) is 11.6 Å². The van der Waals surface area contributed by atoms with Crippen molar-refractivity contribution in [1.29, 1.82) is 0 Å². The molecule has 1 saturated heterocycles. The first kappa shape index (κ1) is 14.7. The van der Waals surface area contributed by atoms with Gasteiger partial charge in [0.2, 0.25) is 0 Å². The van der Waals surface area contributed by atoms with Crippen LogP contribution in [0.15, 0.2) is 11.6 Å². The van der Waals surface area contributed by atoms with Crippen LogP contribution in [0.5, 0.6) is 0 Å². The minimum Gasteiger partial charge on any atom is -0.380 e. The van der Waals surface area contributed by atoms with Gasteiger partial charge in [-0.1, -0.05) is 0 Å². The fourth-order valence-electron chi connectivity index (χ4n) is 2.59. The summed E-state index contributed by atoms with van der Waals surface area (Å²) >= 11 is 1.70. The van der Waals surface area contributed by atoms with Crippen molar-refractivity contribution in [1.82, 2.24) is 9.88 Å². The van der Waals surface area contributed by atoms with Gasteiger partial charge < -0.3 is 15.4 Å². The van der Waals surface area contributed by atoms with Crippen molar-refractivity contribution in [2.75, 3.05) is 44.7 Å². The van der Waals surface area contributed by atoms with E-state index in [0.29, 0.717) is 6.54 Å².